The number of nitrogens with one attached hydrogen (secondary N) is 2. The molecule has 29 heavy (non-hydrogen) atoms. The number of rotatable bonds is 4. The molecule has 4 rings (SSSR count). The van der Waals surface area contributed by atoms with Gasteiger partial charge in [-0.05, 0) is 41.5 Å². The number of benzene rings is 3. The average molecular weight is 388 g/mol. The summed E-state index contributed by atoms with van der Waals surface area (Å²) in [5, 5.41) is 2.87. The number of ether oxygens (including phenoxy) is 1. The number of carbonyl (C=O) groups excluding carboxylic acids is 2. The van der Waals surface area contributed by atoms with E-state index in [1.165, 1.54) is 0 Å². The highest BCUT2D eigenvalue weighted by Gasteiger charge is 2.19. The maximum atomic E-state index is 12.5. The Morgan fingerprint density at radius 2 is 1.76 bits per heavy atom. The van der Waals surface area contributed by atoms with Crippen LogP contribution in [0.15, 0.2) is 65.1 Å². The van der Waals surface area contributed by atoms with Crippen LogP contribution in [0, 0.1) is 6.92 Å². The number of furan rings is 1. The first-order chi connectivity index (χ1) is 14.1. The Morgan fingerprint density at radius 3 is 2.59 bits per heavy atom. The van der Waals surface area contributed by atoms with E-state index >= 15 is 0 Å². The van der Waals surface area contributed by atoms with E-state index in [9.17, 15) is 9.59 Å². The number of aryl methyl sites for hydroxylation is 1. The zero-order chi connectivity index (χ0) is 20.4. The maximum Gasteiger partial charge on any atom is 0.305 e. The zero-order valence-electron chi connectivity index (χ0n) is 16.1. The number of hydrogen-bond acceptors (Lipinski definition) is 4. The van der Waals surface area contributed by atoms with Crippen LogP contribution in [0.2, 0.25) is 0 Å². The highest BCUT2D eigenvalue weighted by molar-refractivity contribution is 6.00. The Balaban J connectivity index is 1.46. The number of methoxy groups -OCH3 is 1. The predicted molar refractivity (Wildman–Crippen MR) is 111 cm³/mol. The summed E-state index contributed by atoms with van der Waals surface area (Å²) in [6, 6.07) is 19.0. The molecule has 0 atom stereocenters. The molecule has 0 radical (unpaired) electrons. The molecule has 1 heterocycles. The van der Waals surface area contributed by atoms with Crippen molar-refractivity contribution < 1.29 is 18.7 Å². The molecule has 6 heteroatoms. The number of amides is 2. The number of hydrogen-bond donors (Lipinski definition) is 2. The van der Waals surface area contributed by atoms with Crippen molar-refractivity contribution in [3.8, 4) is 5.75 Å². The van der Waals surface area contributed by atoms with Gasteiger partial charge in [-0.15, -0.1) is 0 Å². The molecular formula is C23H20N2O4. The molecule has 0 aliphatic carbocycles. The van der Waals surface area contributed by atoms with E-state index in [4.69, 9.17) is 9.15 Å². The van der Waals surface area contributed by atoms with Gasteiger partial charge >= 0.3 is 5.91 Å². The van der Waals surface area contributed by atoms with E-state index in [0.717, 1.165) is 21.7 Å². The van der Waals surface area contributed by atoms with Crippen molar-refractivity contribution in [3.05, 3.63) is 77.6 Å². The minimum atomic E-state index is -0.510. The average Bonchev–Trinajstić information content (AvgIpc) is 3.08. The van der Waals surface area contributed by atoms with Crippen LogP contribution in [-0.4, -0.2) is 18.9 Å². The van der Waals surface area contributed by atoms with Crippen molar-refractivity contribution in [3.63, 3.8) is 0 Å². The molecule has 1 aromatic heterocycles. The van der Waals surface area contributed by atoms with Crippen molar-refractivity contribution >= 4 is 33.6 Å². The summed E-state index contributed by atoms with van der Waals surface area (Å²) < 4.78 is 10.9. The second-order valence-corrected chi connectivity index (χ2v) is 6.74. The standard InChI is InChI=1S/C23H20N2O4/c1-14-19-13-17(28-2)10-11-20(19)29-22(14)23(27)25-24-21(26)12-16-8-5-7-15-6-3-4-9-18(15)16/h3-11,13H,12H2,1-2H3,(H,24,26)(H,25,27). The van der Waals surface area contributed by atoms with Crippen LogP contribution in [0.25, 0.3) is 21.7 Å². The lowest BCUT2D eigenvalue weighted by molar-refractivity contribution is -0.121. The quantitative estimate of drug-likeness (QED) is 0.520. The fourth-order valence-corrected chi connectivity index (χ4v) is 3.39. The van der Waals surface area contributed by atoms with E-state index in [2.05, 4.69) is 10.9 Å². The highest BCUT2D eigenvalue weighted by atomic mass is 16.5. The van der Waals surface area contributed by atoms with Gasteiger partial charge in [0.15, 0.2) is 5.76 Å². The first-order valence-corrected chi connectivity index (χ1v) is 9.20. The second kappa shape index (κ2) is 7.67. The Labute approximate surface area is 167 Å². The molecular weight excluding hydrogens is 368 g/mol. The smallest absolute Gasteiger partial charge is 0.305 e. The summed E-state index contributed by atoms with van der Waals surface area (Å²) in [4.78, 5) is 24.9. The molecule has 0 aliphatic heterocycles. The topological polar surface area (TPSA) is 80.6 Å². The van der Waals surface area contributed by atoms with E-state index < -0.39 is 5.91 Å². The van der Waals surface area contributed by atoms with Crippen LogP contribution in [0.1, 0.15) is 21.7 Å². The molecule has 4 aromatic rings. The van der Waals surface area contributed by atoms with Crippen molar-refractivity contribution in [1.82, 2.24) is 10.9 Å². The third kappa shape index (κ3) is 3.65. The fraction of sp³-hybridized carbons (Fsp3) is 0.130. The third-order valence-electron chi connectivity index (χ3n) is 4.90. The zero-order valence-corrected chi connectivity index (χ0v) is 16.1. The van der Waals surface area contributed by atoms with Crippen LogP contribution in [0.5, 0.6) is 5.75 Å². The van der Waals surface area contributed by atoms with Gasteiger partial charge in [0.2, 0.25) is 5.91 Å². The summed E-state index contributed by atoms with van der Waals surface area (Å²) in [5.41, 5.74) is 7.05. The molecule has 2 N–H and O–H groups in total. The Bertz CT molecular complexity index is 1220. The second-order valence-electron chi connectivity index (χ2n) is 6.74. The highest BCUT2D eigenvalue weighted by Crippen LogP contribution is 2.28. The van der Waals surface area contributed by atoms with E-state index in [0.29, 0.717) is 16.9 Å². The van der Waals surface area contributed by atoms with Crippen molar-refractivity contribution in [1.29, 1.82) is 0 Å². The lowest BCUT2D eigenvalue weighted by atomic mass is 10.0. The molecule has 0 saturated carbocycles. The first kappa shape index (κ1) is 18.6. The third-order valence-corrected chi connectivity index (χ3v) is 4.90. The molecule has 146 valence electrons. The minimum Gasteiger partial charge on any atom is -0.497 e. The summed E-state index contributed by atoms with van der Waals surface area (Å²) in [7, 11) is 1.58. The minimum absolute atomic E-state index is 0.151. The molecule has 0 unspecified atom stereocenters. The van der Waals surface area contributed by atoms with Gasteiger partial charge in [0.25, 0.3) is 0 Å². The van der Waals surface area contributed by atoms with Crippen LogP contribution < -0.4 is 15.6 Å². The van der Waals surface area contributed by atoms with Crippen LogP contribution in [0.4, 0.5) is 0 Å². The van der Waals surface area contributed by atoms with Crippen LogP contribution in [-0.2, 0) is 11.2 Å². The Kier molecular flexibility index (Phi) is 4.91. The number of carbonyl (C=O) groups is 2. The van der Waals surface area contributed by atoms with Crippen LogP contribution in [0.3, 0.4) is 0 Å². The normalized spacial score (nSPS) is 10.8. The molecule has 2 amide bonds. The maximum absolute atomic E-state index is 12.5. The van der Waals surface area contributed by atoms with Crippen molar-refractivity contribution in [2.24, 2.45) is 0 Å². The van der Waals surface area contributed by atoms with E-state index in [1.807, 2.05) is 48.5 Å². The molecule has 0 saturated heterocycles. The lowest BCUT2D eigenvalue weighted by Crippen LogP contribution is -2.42. The predicted octanol–water partition coefficient (Wildman–Crippen LogP) is 3.91. The van der Waals surface area contributed by atoms with Gasteiger partial charge < -0.3 is 9.15 Å². The van der Waals surface area contributed by atoms with Crippen molar-refractivity contribution in [2.75, 3.05) is 7.11 Å². The van der Waals surface area contributed by atoms with Gasteiger partial charge in [-0.1, -0.05) is 42.5 Å². The largest absolute Gasteiger partial charge is 0.497 e. The monoisotopic (exact) mass is 388 g/mol. The Hall–Kier alpha value is -3.80. The van der Waals surface area contributed by atoms with Gasteiger partial charge in [0.1, 0.15) is 11.3 Å². The molecule has 0 fully saturated rings. The summed E-state index contributed by atoms with van der Waals surface area (Å²) in [6.07, 6.45) is 0.151. The van der Waals surface area contributed by atoms with E-state index in [1.54, 1.807) is 26.2 Å². The first-order valence-electron chi connectivity index (χ1n) is 9.20. The number of hydrazine groups is 1. The Morgan fingerprint density at radius 1 is 0.966 bits per heavy atom. The van der Waals surface area contributed by atoms with Crippen molar-refractivity contribution in [2.45, 2.75) is 13.3 Å². The van der Waals surface area contributed by atoms with Gasteiger partial charge in [-0.2, -0.15) is 0 Å². The fourth-order valence-electron chi connectivity index (χ4n) is 3.39. The molecule has 0 bridgehead atoms. The van der Waals surface area contributed by atoms with E-state index in [-0.39, 0.29) is 18.1 Å². The van der Waals surface area contributed by atoms with Gasteiger partial charge in [-0.25, -0.2) is 0 Å². The summed E-state index contributed by atoms with van der Waals surface area (Å²) in [6.45, 7) is 1.79. The van der Waals surface area contributed by atoms with Gasteiger partial charge in [0, 0.05) is 10.9 Å². The lowest BCUT2D eigenvalue weighted by Gasteiger charge is -2.08. The molecule has 0 spiro atoms. The molecule has 0 aliphatic rings. The van der Waals surface area contributed by atoms with Crippen LogP contribution >= 0.6 is 0 Å². The number of fused-ring (bicyclic) bond motifs is 2. The van der Waals surface area contributed by atoms with Gasteiger partial charge in [-0.3, -0.25) is 20.4 Å². The molecule has 3 aromatic carbocycles. The SMILES string of the molecule is COc1ccc2oc(C(=O)NNC(=O)Cc3cccc4ccccc34)c(C)c2c1. The summed E-state index contributed by atoms with van der Waals surface area (Å²) in [5.74, 6) is 0.00420. The molecule has 6 nitrogen and oxygen atoms in total. The van der Waals surface area contributed by atoms with Gasteiger partial charge in [0.05, 0.1) is 13.5 Å². The summed E-state index contributed by atoms with van der Waals surface area (Å²) >= 11 is 0.